The average molecular weight is 389 g/mol. The third kappa shape index (κ3) is 4.09. The Balaban J connectivity index is 2.16. The van der Waals surface area contributed by atoms with Gasteiger partial charge in [-0.3, -0.25) is 0 Å². The van der Waals surface area contributed by atoms with Gasteiger partial charge in [-0.15, -0.1) is 0 Å². The van der Waals surface area contributed by atoms with Crippen molar-refractivity contribution < 1.29 is 0 Å². The first kappa shape index (κ1) is 19.3. The van der Waals surface area contributed by atoms with Gasteiger partial charge in [0, 0.05) is 26.5 Å². The maximum atomic E-state index is 6.52. The van der Waals surface area contributed by atoms with Crippen LogP contribution in [0.5, 0.6) is 0 Å². The Morgan fingerprint density at radius 3 is 2.62 bits per heavy atom. The smallest absolute Gasteiger partial charge is 0.0513 e. The van der Waals surface area contributed by atoms with Gasteiger partial charge in [0.25, 0.3) is 0 Å². The van der Waals surface area contributed by atoms with Gasteiger partial charge in [-0.1, -0.05) is 54.7 Å². The minimum absolute atomic E-state index is 0.696. The van der Waals surface area contributed by atoms with Crippen molar-refractivity contribution in [3.8, 4) is 11.3 Å². The van der Waals surface area contributed by atoms with Crippen LogP contribution in [0, 0.1) is 0 Å². The number of nitrogens with two attached hydrogens (primary N) is 1. The van der Waals surface area contributed by atoms with Gasteiger partial charge in [-0.05, 0) is 68.0 Å². The highest BCUT2D eigenvalue weighted by Gasteiger charge is 2.17. The van der Waals surface area contributed by atoms with E-state index in [2.05, 4.69) is 30.1 Å². The van der Waals surface area contributed by atoms with Gasteiger partial charge in [-0.25, -0.2) is 0 Å². The van der Waals surface area contributed by atoms with E-state index in [9.17, 15) is 0 Å². The van der Waals surface area contributed by atoms with Crippen LogP contribution in [0.25, 0.3) is 22.2 Å². The molecule has 0 fully saturated rings. The first-order chi connectivity index (χ1) is 12.7. The molecule has 0 saturated heterocycles. The van der Waals surface area contributed by atoms with Crippen LogP contribution in [0.2, 0.25) is 10.0 Å². The highest BCUT2D eigenvalue weighted by molar-refractivity contribution is 6.35. The van der Waals surface area contributed by atoms with Gasteiger partial charge in [-0.2, -0.15) is 0 Å². The topological polar surface area (TPSA) is 41.8 Å². The molecule has 0 aliphatic carbocycles. The van der Waals surface area contributed by atoms with Crippen molar-refractivity contribution in [3.63, 3.8) is 0 Å². The number of aromatic amines is 1. The van der Waals surface area contributed by atoms with Gasteiger partial charge >= 0.3 is 0 Å². The monoisotopic (exact) mass is 388 g/mol. The summed E-state index contributed by atoms with van der Waals surface area (Å²) in [6.45, 7) is 2.95. The molecule has 138 valence electrons. The Morgan fingerprint density at radius 1 is 1.00 bits per heavy atom. The minimum Gasteiger partial charge on any atom is -0.354 e. The Kier molecular flexibility index (Phi) is 6.63. The van der Waals surface area contributed by atoms with Gasteiger partial charge in [0.1, 0.15) is 0 Å². The highest BCUT2D eigenvalue weighted by Crippen LogP contribution is 2.37. The predicted octanol–water partition coefficient (Wildman–Crippen LogP) is 6.77. The van der Waals surface area contributed by atoms with Gasteiger partial charge in [0.2, 0.25) is 0 Å². The second kappa shape index (κ2) is 8.94. The highest BCUT2D eigenvalue weighted by atomic mass is 35.5. The first-order valence-electron chi connectivity index (χ1n) is 9.43. The lowest BCUT2D eigenvalue weighted by Crippen LogP contribution is -1.99. The largest absolute Gasteiger partial charge is 0.354 e. The second-order valence-electron chi connectivity index (χ2n) is 6.79. The van der Waals surface area contributed by atoms with Crippen molar-refractivity contribution in [3.05, 3.63) is 57.6 Å². The Bertz CT molecular complexity index is 883. The maximum absolute atomic E-state index is 6.52. The second-order valence-corrected chi connectivity index (χ2v) is 7.64. The zero-order valence-corrected chi connectivity index (χ0v) is 16.8. The molecule has 0 aliphatic heterocycles. The van der Waals surface area contributed by atoms with E-state index in [1.54, 1.807) is 0 Å². The molecule has 0 bridgehead atoms. The van der Waals surface area contributed by atoms with Crippen molar-refractivity contribution in [2.75, 3.05) is 6.54 Å². The van der Waals surface area contributed by atoms with Crippen LogP contribution < -0.4 is 5.73 Å². The summed E-state index contributed by atoms with van der Waals surface area (Å²) in [5, 5.41) is 2.71. The van der Waals surface area contributed by atoms with E-state index in [0.29, 0.717) is 5.02 Å². The molecule has 3 aromatic rings. The molecule has 0 unspecified atom stereocenters. The summed E-state index contributed by atoms with van der Waals surface area (Å²) >= 11 is 12.8. The van der Waals surface area contributed by atoms with E-state index in [4.69, 9.17) is 28.9 Å². The molecule has 1 heterocycles. The maximum Gasteiger partial charge on any atom is 0.0513 e. The van der Waals surface area contributed by atoms with Crippen LogP contribution in [0.3, 0.4) is 0 Å². The van der Waals surface area contributed by atoms with Crippen LogP contribution in [-0.4, -0.2) is 11.5 Å². The molecule has 2 aromatic carbocycles. The molecule has 0 atom stereocenters. The Morgan fingerprint density at radius 2 is 1.85 bits per heavy atom. The molecule has 3 N–H and O–H groups in total. The van der Waals surface area contributed by atoms with Gasteiger partial charge in [0.05, 0.1) is 5.69 Å². The van der Waals surface area contributed by atoms with E-state index >= 15 is 0 Å². The zero-order chi connectivity index (χ0) is 18.5. The molecule has 0 saturated carbocycles. The third-order valence-corrected chi connectivity index (χ3v) is 5.47. The SMILES string of the molecule is CCCCc1cccc2c(CCCCN)c(-c3cc(Cl)ccc3Cl)[nH]c12. The van der Waals surface area contributed by atoms with Crippen LogP contribution in [0.15, 0.2) is 36.4 Å². The molecular weight excluding hydrogens is 363 g/mol. The summed E-state index contributed by atoms with van der Waals surface area (Å²) in [5.41, 5.74) is 11.7. The van der Waals surface area contributed by atoms with Crippen LogP contribution in [-0.2, 0) is 12.8 Å². The molecule has 2 nitrogen and oxygen atoms in total. The van der Waals surface area contributed by atoms with Crippen molar-refractivity contribution in [1.29, 1.82) is 0 Å². The summed E-state index contributed by atoms with van der Waals surface area (Å²) in [4.78, 5) is 3.68. The molecule has 3 rings (SSSR count). The fourth-order valence-corrected chi connectivity index (χ4v) is 3.92. The molecule has 0 spiro atoms. The summed E-state index contributed by atoms with van der Waals surface area (Å²) < 4.78 is 0. The number of hydrogen-bond donors (Lipinski definition) is 2. The van der Waals surface area contributed by atoms with Crippen molar-refractivity contribution in [2.45, 2.75) is 45.4 Å². The lowest BCUT2D eigenvalue weighted by Gasteiger charge is -2.08. The van der Waals surface area contributed by atoms with Crippen LogP contribution in [0.1, 0.15) is 43.7 Å². The van der Waals surface area contributed by atoms with Crippen LogP contribution in [0.4, 0.5) is 0 Å². The average Bonchev–Trinajstić information content (AvgIpc) is 3.01. The third-order valence-electron chi connectivity index (χ3n) is 4.91. The van der Waals surface area contributed by atoms with Crippen molar-refractivity contribution >= 4 is 34.1 Å². The quantitative estimate of drug-likeness (QED) is 0.410. The number of rotatable bonds is 8. The van der Waals surface area contributed by atoms with Gasteiger partial charge < -0.3 is 10.7 Å². The number of hydrogen-bond acceptors (Lipinski definition) is 1. The molecule has 4 heteroatoms. The lowest BCUT2D eigenvalue weighted by atomic mass is 9.98. The normalized spacial score (nSPS) is 11.4. The fraction of sp³-hybridized carbons (Fsp3) is 0.364. The zero-order valence-electron chi connectivity index (χ0n) is 15.2. The van der Waals surface area contributed by atoms with E-state index in [-0.39, 0.29) is 0 Å². The standard InChI is InChI=1S/C22H26Cl2N2/c1-2-3-7-15-8-6-10-17-18(9-4-5-13-25)22(26-21(15)17)19-14-16(23)11-12-20(19)24/h6,8,10-12,14,26H,2-5,7,9,13,25H2,1H3. The number of nitrogens with one attached hydrogen (secondary N) is 1. The predicted molar refractivity (Wildman–Crippen MR) is 114 cm³/mol. The number of H-pyrrole nitrogens is 1. The number of benzene rings is 2. The summed E-state index contributed by atoms with van der Waals surface area (Å²) in [6.07, 6.45) is 6.52. The minimum atomic E-state index is 0.696. The van der Waals surface area contributed by atoms with Crippen molar-refractivity contribution in [2.24, 2.45) is 5.73 Å². The van der Waals surface area contributed by atoms with E-state index in [1.165, 1.54) is 34.9 Å². The Hall–Kier alpha value is -1.48. The number of aromatic nitrogens is 1. The number of halogens is 2. The molecule has 0 radical (unpaired) electrons. The summed E-state index contributed by atoms with van der Waals surface area (Å²) in [6, 6.07) is 12.2. The molecule has 0 aliphatic rings. The molecule has 1 aromatic heterocycles. The van der Waals surface area contributed by atoms with E-state index in [0.717, 1.165) is 48.5 Å². The number of fused-ring (bicyclic) bond motifs is 1. The molecular formula is C22H26Cl2N2. The van der Waals surface area contributed by atoms with E-state index in [1.807, 2.05) is 18.2 Å². The summed E-state index contributed by atoms with van der Waals surface area (Å²) in [5.74, 6) is 0. The Labute approximate surface area is 165 Å². The lowest BCUT2D eigenvalue weighted by molar-refractivity contribution is 0.748. The number of para-hydroxylation sites is 1. The molecule has 26 heavy (non-hydrogen) atoms. The van der Waals surface area contributed by atoms with E-state index < -0.39 is 0 Å². The summed E-state index contributed by atoms with van der Waals surface area (Å²) in [7, 11) is 0. The van der Waals surface area contributed by atoms with Crippen molar-refractivity contribution in [1.82, 2.24) is 4.98 Å². The number of unbranched alkanes of at least 4 members (excludes halogenated alkanes) is 2. The first-order valence-corrected chi connectivity index (χ1v) is 10.2. The number of aryl methyl sites for hydroxylation is 2. The molecule has 0 amide bonds. The van der Waals surface area contributed by atoms with Crippen LogP contribution >= 0.6 is 23.2 Å². The fourth-order valence-electron chi connectivity index (χ4n) is 3.53. The van der Waals surface area contributed by atoms with Gasteiger partial charge in [0.15, 0.2) is 0 Å².